The van der Waals surface area contributed by atoms with E-state index < -0.39 is 0 Å². The van der Waals surface area contributed by atoms with E-state index in [2.05, 4.69) is 45.3 Å². The van der Waals surface area contributed by atoms with E-state index >= 15 is 0 Å². The van der Waals surface area contributed by atoms with Crippen LogP contribution < -0.4 is 5.32 Å². The van der Waals surface area contributed by atoms with Crippen LogP contribution in [0.1, 0.15) is 30.7 Å². The average Bonchev–Trinajstić information content (AvgIpc) is 3.03. The number of hydrogen-bond donors (Lipinski definition) is 1. The zero-order valence-corrected chi connectivity index (χ0v) is 15.5. The first-order chi connectivity index (χ1) is 12.7. The monoisotopic (exact) mass is 352 g/mol. The first-order valence-corrected chi connectivity index (χ1v) is 9.64. The lowest BCUT2D eigenvalue weighted by Crippen LogP contribution is -2.47. The van der Waals surface area contributed by atoms with Crippen molar-refractivity contribution in [2.24, 2.45) is 5.92 Å². The number of nitrogens with zero attached hydrogens (tertiary/aromatic N) is 3. The molecule has 0 aromatic carbocycles. The van der Waals surface area contributed by atoms with E-state index in [1.165, 1.54) is 12.8 Å². The van der Waals surface area contributed by atoms with Gasteiger partial charge in [0.1, 0.15) is 0 Å². The molecule has 2 aliphatic heterocycles. The number of piperidine rings is 1. The fourth-order valence-corrected chi connectivity index (χ4v) is 4.33. The van der Waals surface area contributed by atoms with Gasteiger partial charge in [-0.2, -0.15) is 0 Å². The second kappa shape index (κ2) is 7.72. The summed E-state index contributed by atoms with van der Waals surface area (Å²) in [6, 6.07) is 10.3. The zero-order chi connectivity index (χ0) is 17.8. The van der Waals surface area contributed by atoms with Crippen LogP contribution in [0.4, 0.5) is 5.69 Å². The Labute approximate surface area is 155 Å². The van der Waals surface area contributed by atoms with Gasteiger partial charge in [0.15, 0.2) is 0 Å². The number of aryl methyl sites for hydroxylation is 1. The molecule has 2 saturated heterocycles. The highest BCUT2D eigenvalue weighted by molar-refractivity contribution is 5.40. The quantitative estimate of drug-likeness (QED) is 0.895. The van der Waals surface area contributed by atoms with Crippen molar-refractivity contribution in [2.45, 2.75) is 38.3 Å². The number of aromatic nitrogens is 2. The van der Waals surface area contributed by atoms with Crippen molar-refractivity contribution in [3.63, 3.8) is 0 Å². The fourth-order valence-electron chi connectivity index (χ4n) is 4.33. The highest BCUT2D eigenvalue weighted by Crippen LogP contribution is 2.37. The van der Waals surface area contributed by atoms with Crippen molar-refractivity contribution < 1.29 is 4.74 Å². The Bertz CT molecular complexity index is 723. The summed E-state index contributed by atoms with van der Waals surface area (Å²) in [5.41, 5.74) is 3.42. The van der Waals surface area contributed by atoms with Gasteiger partial charge in [-0.15, -0.1) is 0 Å². The molecule has 4 heterocycles. The summed E-state index contributed by atoms with van der Waals surface area (Å²) in [4.78, 5) is 11.2. The predicted molar refractivity (Wildman–Crippen MR) is 103 cm³/mol. The molecule has 0 amide bonds. The summed E-state index contributed by atoms with van der Waals surface area (Å²) < 4.78 is 6.36. The molecule has 0 saturated carbocycles. The van der Waals surface area contributed by atoms with Crippen molar-refractivity contribution in [3.05, 3.63) is 54.1 Å². The molecule has 4 rings (SSSR count). The third-order valence-electron chi connectivity index (χ3n) is 5.51. The number of ether oxygens (including phenoxy) is 1. The van der Waals surface area contributed by atoms with Gasteiger partial charge < -0.3 is 10.1 Å². The topological polar surface area (TPSA) is 50.3 Å². The van der Waals surface area contributed by atoms with Gasteiger partial charge in [0, 0.05) is 49.3 Å². The lowest BCUT2D eigenvalue weighted by molar-refractivity contribution is -0.0537. The van der Waals surface area contributed by atoms with Crippen LogP contribution in [0.5, 0.6) is 0 Å². The first-order valence-electron chi connectivity index (χ1n) is 9.64. The summed E-state index contributed by atoms with van der Waals surface area (Å²) in [5, 5.41) is 3.52. The molecule has 26 heavy (non-hydrogen) atoms. The molecule has 5 heteroatoms. The Morgan fingerprint density at radius 2 is 2.15 bits per heavy atom. The lowest BCUT2D eigenvalue weighted by Gasteiger charge is -2.39. The van der Waals surface area contributed by atoms with Crippen LogP contribution in [-0.2, 0) is 11.3 Å². The summed E-state index contributed by atoms with van der Waals surface area (Å²) in [7, 11) is 0. The zero-order valence-electron chi connectivity index (χ0n) is 15.5. The van der Waals surface area contributed by atoms with Crippen LogP contribution in [0.25, 0.3) is 0 Å². The van der Waals surface area contributed by atoms with Gasteiger partial charge in [-0.3, -0.25) is 14.9 Å². The molecule has 2 aromatic heterocycles. The SMILES string of the molecule is Cc1cccc(CN2CCCC3(CC(CNc4ccncc4)CO3)C2)n1. The Morgan fingerprint density at radius 3 is 3.00 bits per heavy atom. The van der Waals surface area contributed by atoms with E-state index in [0.29, 0.717) is 5.92 Å². The van der Waals surface area contributed by atoms with Crippen LogP contribution in [0.3, 0.4) is 0 Å². The maximum Gasteiger partial charge on any atom is 0.0813 e. The van der Waals surface area contributed by atoms with Gasteiger partial charge in [-0.05, 0) is 57.0 Å². The maximum atomic E-state index is 6.36. The molecule has 2 atom stereocenters. The molecule has 0 aliphatic carbocycles. The van der Waals surface area contributed by atoms with Crippen molar-refractivity contribution in [3.8, 4) is 0 Å². The molecule has 2 fully saturated rings. The molecular weight excluding hydrogens is 324 g/mol. The predicted octanol–water partition coefficient (Wildman–Crippen LogP) is 3.27. The molecule has 2 aliphatic rings. The summed E-state index contributed by atoms with van der Waals surface area (Å²) in [6.07, 6.45) is 7.18. The third kappa shape index (κ3) is 4.22. The summed E-state index contributed by atoms with van der Waals surface area (Å²) in [5.74, 6) is 0.570. The van der Waals surface area contributed by atoms with E-state index in [4.69, 9.17) is 4.74 Å². The molecule has 138 valence electrons. The number of likely N-dealkylation sites (tertiary alicyclic amines) is 1. The van der Waals surface area contributed by atoms with E-state index in [1.807, 2.05) is 24.5 Å². The van der Waals surface area contributed by atoms with Crippen LogP contribution >= 0.6 is 0 Å². The molecular formula is C21H28N4O. The first kappa shape index (κ1) is 17.4. The van der Waals surface area contributed by atoms with Crippen LogP contribution in [0.15, 0.2) is 42.7 Å². The molecule has 1 spiro atoms. The number of pyridine rings is 2. The standard InChI is InChI=1S/C21H28N4O/c1-17-4-2-5-20(24-17)14-25-11-3-8-21(16-25)12-18(15-26-21)13-23-19-6-9-22-10-7-19/h2,4-7,9-10,18H,3,8,11-16H2,1H3,(H,22,23). The minimum Gasteiger partial charge on any atom is -0.385 e. The fraction of sp³-hybridized carbons (Fsp3) is 0.524. The highest BCUT2D eigenvalue weighted by Gasteiger charge is 2.43. The average molecular weight is 352 g/mol. The molecule has 1 N–H and O–H groups in total. The van der Waals surface area contributed by atoms with Crippen molar-refractivity contribution in [1.82, 2.24) is 14.9 Å². The Morgan fingerprint density at radius 1 is 1.27 bits per heavy atom. The van der Waals surface area contributed by atoms with Crippen LogP contribution in [0.2, 0.25) is 0 Å². The molecule has 5 nitrogen and oxygen atoms in total. The van der Waals surface area contributed by atoms with E-state index in [1.54, 1.807) is 0 Å². The smallest absolute Gasteiger partial charge is 0.0813 e. The summed E-state index contributed by atoms with van der Waals surface area (Å²) >= 11 is 0. The molecule has 0 bridgehead atoms. The van der Waals surface area contributed by atoms with Gasteiger partial charge in [0.05, 0.1) is 17.9 Å². The van der Waals surface area contributed by atoms with Gasteiger partial charge in [-0.1, -0.05) is 6.07 Å². The van der Waals surface area contributed by atoms with Crippen molar-refractivity contribution >= 4 is 5.69 Å². The Kier molecular flexibility index (Phi) is 5.18. The Hall–Kier alpha value is -1.98. The lowest BCUT2D eigenvalue weighted by atomic mass is 9.86. The molecule has 0 radical (unpaired) electrons. The van der Waals surface area contributed by atoms with E-state index in [-0.39, 0.29) is 5.60 Å². The van der Waals surface area contributed by atoms with Gasteiger partial charge in [-0.25, -0.2) is 0 Å². The van der Waals surface area contributed by atoms with Crippen LogP contribution in [0, 0.1) is 12.8 Å². The summed E-state index contributed by atoms with van der Waals surface area (Å²) in [6.45, 7) is 6.96. The van der Waals surface area contributed by atoms with E-state index in [0.717, 1.165) is 56.3 Å². The highest BCUT2D eigenvalue weighted by atomic mass is 16.5. The second-order valence-electron chi connectivity index (χ2n) is 7.77. The number of anilines is 1. The van der Waals surface area contributed by atoms with Gasteiger partial charge in [0.25, 0.3) is 0 Å². The van der Waals surface area contributed by atoms with Crippen molar-refractivity contribution in [2.75, 3.05) is 31.6 Å². The van der Waals surface area contributed by atoms with Crippen LogP contribution in [-0.4, -0.2) is 46.7 Å². The number of rotatable bonds is 5. The van der Waals surface area contributed by atoms with Gasteiger partial charge in [0.2, 0.25) is 0 Å². The normalized spacial score (nSPS) is 26.3. The minimum absolute atomic E-state index is 0.0344. The largest absolute Gasteiger partial charge is 0.385 e. The number of hydrogen-bond acceptors (Lipinski definition) is 5. The van der Waals surface area contributed by atoms with Gasteiger partial charge >= 0.3 is 0 Å². The minimum atomic E-state index is 0.0344. The third-order valence-corrected chi connectivity index (χ3v) is 5.51. The number of nitrogens with one attached hydrogen (secondary N) is 1. The molecule has 2 unspecified atom stereocenters. The van der Waals surface area contributed by atoms with E-state index in [9.17, 15) is 0 Å². The second-order valence-corrected chi connectivity index (χ2v) is 7.77. The maximum absolute atomic E-state index is 6.36. The Balaban J connectivity index is 1.32. The van der Waals surface area contributed by atoms with Crippen molar-refractivity contribution in [1.29, 1.82) is 0 Å². The molecule has 2 aromatic rings.